The number of aliphatic imine (C=N–C) groups is 1. The number of carbonyl (C=O) groups excluding carboxylic acids is 1. The molecule has 1 aliphatic rings. The van der Waals surface area contributed by atoms with Crippen LogP contribution in [0.25, 0.3) is 11.3 Å². The van der Waals surface area contributed by atoms with Crippen molar-refractivity contribution < 1.29 is 4.79 Å². The molecule has 6 heteroatoms. The molecule has 1 amide bonds. The van der Waals surface area contributed by atoms with Crippen LogP contribution in [-0.2, 0) is 11.3 Å². The van der Waals surface area contributed by atoms with E-state index in [1.54, 1.807) is 14.1 Å². The number of aryl methyl sites for hydroxylation is 1. The molecule has 0 unspecified atom stereocenters. The second kappa shape index (κ2) is 10.8. The Morgan fingerprint density at radius 1 is 0.838 bits per heavy atom. The van der Waals surface area contributed by atoms with Crippen molar-refractivity contribution in [3.05, 3.63) is 73.5 Å². The monoisotopic (exact) mass is 499 g/mol. The second-order valence-corrected chi connectivity index (χ2v) is 10.3. The average molecular weight is 500 g/mol. The Morgan fingerprint density at radius 2 is 1.35 bits per heavy atom. The maximum absolute atomic E-state index is 10.1. The maximum Gasteiger partial charge on any atom is 0.222 e. The van der Waals surface area contributed by atoms with Gasteiger partial charge in [-0.25, -0.2) is 9.97 Å². The van der Waals surface area contributed by atoms with Crippen LogP contribution < -0.4 is 5.32 Å². The van der Waals surface area contributed by atoms with Gasteiger partial charge in [-0.05, 0) is 106 Å². The molecule has 2 heterocycles. The van der Waals surface area contributed by atoms with E-state index in [0.717, 1.165) is 17.0 Å². The first-order chi connectivity index (χ1) is 17.3. The molecule has 1 aromatic heterocycles. The third-order valence-corrected chi connectivity index (χ3v) is 8.01. The van der Waals surface area contributed by atoms with Crippen molar-refractivity contribution in [2.24, 2.45) is 4.99 Å². The SMILES string of the molecule is CC(=O)N(C)C.CNc1ncc2c(n1)-c1c(cc(C)c(C)c1C)C(c1c(C)c(C)c(C)c(C)c1C)=NC2. The van der Waals surface area contributed by atoms with Crippen molar-refractivity contribution in [3.8, 4) is 11.3 Å². The number of anilines is 1. The number of aromatic nitrogens is 2. The number of fused-ring (bicyclic) bond motifs is 3. The van der Waals surface area contributed by atoms with Crippen molar-refractivity contribution in [1.29, 1.82) is 0 Å². The summed E-state index contributed by atoms with van der Waals surface area (Å²) in [5.41, 5.74) is 17.3. The number of rotatable bonds is 2. The topological polar surface area (TPSA) is 70.5 Å². The first-order valence-electron chi connectivity index (χ1n) is 12.8. The molecule has 0 bridgehead atoms. The number of hydrogen-bond acceptors (Lipinski definition) is 5. The van der Waals surface area contributed by atoms with E-state index >= 15 is 0 Å². The summed E-state index contributed by atoms with van der Waals surface area (Å²) in [6, 6.07) is 2.30. The number of hydrogen-bond donors (Lipinski definition) is 1. The summed E-state index contributed by atoms with van der Waals surface area (Å²) in [5, 5.41) is 3.10. The van der Waals surface area contributed by atoms with Gasteiger partial charge in [-0.2, -0.15) is 0 Å². The number of amides is 1. The predicted molar refractivity (Wildman–Crippen MR) is 155 cm³/mol. The van der Waals surface area contributed by atoms with E-state index in [1.165, 1.54) is 73.0 Å². The van der Waals surface area contributed by atoms with Gasteiger partial charge in [0.15, 0.2) is 0 Å². The fraction of sp³-hybridized carbons (Fsp3) is 0.419. The minimum Gasteiger partial charge on any atom is -0.357 e. The van der Waals surface area contributed by atoms with E-state index in [0.29, 0.717) is 12.5 Å². The summed E-state index contributed by atoms with van der Waals surface area (Å²) in [7, 11) is 5.31. The Morgan fingerprint density at radius 3 is 1.86 bits per heavy atom. The zero-order chi connectivity index (χ0) is 27.8. The van der Waals surface area contributed by atoms with E-state index < -0.39 is 0 Å². The zero-order valence-electron chi connectivity index (χ0n) is 24.6. The molecule has 196 valence electrons. The molecule has 1 N–H and O–H groups in total. The van der Waals surface area contributed by atoms with E-state index in [4.69, 9.17) is 9.98 Å². The summed E-state index contributed by atoms with van der Waals surface area (Å²) < 4.78 is 0. The Kier molecular flexibility index (Phi) is 8.21. The summed E-state index contributed by atoms with van der Waals surface area (Å²) in [4.78, 5) is 26.2. The maximum atomic E-state index is 10.1. The molecule has 1 aliphatic heterocycles. The van der Waals surface area contributed by atoms with Gasteiger partial charge in [0.25, 0.3) is 0 Å². The fourth-order valence-electron chi connectivity index (χ4n) is 4.75. The van der Waals surface area contributed by atoms with E-state index in [2.05, 4.69) is 71.8 Å². The van der Waals surface area contributed by atoms with Crippen LogP contribution in [0.4, 0.5) is 5.95 Å². The van der Waals surface area contributed by atoms with Crippen LogP contribution in [0.2, 0.25) is 0 Å². The summed E-state index contributed by atoms with van der Waals surface area (Å²) >= 11 is 0. The lowest BCUT2D eigenvalue weighted by molar-refractivity contribution is -0.126. The van der Waals surface area contributed by atoms with Crippen molar-refractivity contribution in [1.82, 2.24) is 14.9 Å². The average Bonchev–Trinajstić information content (AvgIpc) is 3.02. The molecular weight excluding hydrogens is 458 g/mol. The highest BCUT2D eigenvalue weighted by Gasteiger charge is 2.27. The highest BCUT2D eigenvalue weighted by Crippen LogP contribution is 2.39. The van der Waals surface area contributed by atoms with Gasteiger partial charge in [0.1, 0.15) is 0 Å². The number of nitrogens with one attached hydrogen (secondary N) is 1. The molecule has 0 spiro atoms. The van der Waals surface area contributed by atoms with Crippen LogP contribution in [0.3, 0.4) is 0 Å². The smallest absolute Gasteiger partial charge is 0.222 e. The molecule has 37 heavy (non-hydrogen) atoms. The summed E-state index contributed by atoms with van der Waals surface area (Å²) in [6.45, 7) is 19.8. The largest absolute Gasteiger partial charge is 0.357 e. The fourth-order valence-corrected chi connectivity index (χ4v) is 4.75. The van der Waals surface area contributed by atoms with Crippen molar-refractivity contribution >= 4 is 17.6 Å². The third-order valence-electron chi connectivity index (χ3n) is 8.01. The molecule has 2 aromatic carbocycles. The predicted octanol–water partition coefficient (Wildman–Crippen LogP) is 6.10. The van der Waals surface area contributed by atoms with Gasteiger partial charge in [0.05, 0.1) is 18.0 Å². The molecule has 0 fully saturated rings. The first kappa shape index (κ1) is 28.0. The Balaban J connectivity index is 0.000000568. The minimum atomic E-state index is 0.0926. The van der Waals surface area contributed by atoms with Crippen LogP contribution >= 0.6 is 0 Å². The molecule has 0 atom stereocenters. The van der Waals surface area contributed by atoms with Gasteiger partial charge in [-0.3, -0.25) is 9.79 Å². The zero-order valence-corrected chi connectivity index (χ0v) is 24.6. The molecule has 4 rings (SSSR count). The van der Waals surface area contributed by atoms with Crippen molar-refractivity contribution in [3.63, 3.8) is 0 Å². The highest BCUT2D eigenvalue weighted by molar-refractivity contribution is 6.19. The molecule has 0 saturated heterocycles. The second-order valence-electron chi connectivity index (χ2n) is 10.3. The van der Waals surface area contributed by atoms with Gasteiger partial charge >= 0.3 is 0 Å². The van der Waals surface area contributed by atoms with Crippen LogP contribution in [0.5, 0.6) is 0 Å². The van der Waals surface area contributed by atoms with E-state index in [9.17, 15) is 4.79 Å². The van der Waals surface area contributed by atoms with Crippen LogP contribution in [0, 0.1) is 55.4 Å². The molecule has 0 aliphatic carbocycles. The number of nitrogens with zero attached hydrogens (tertiary/aromatic N) is 4. The molecule has 0 radical (unpaired) electrons. The lowest BCUT2D eigenvalue weighted by Gasteiger charge is -2.22. The van der Waals surface area contributed by atoms with Crippen LogP contribution in [-0.4, -0.2) is 47.6 Å². The number of benzene rings is 2. The van der Waals surface area contributed by atoms with Gasteiger partial charge in [-0.1, -0.05) is 0 Å². The lowest BCUT2D eigenvalue weighted by Crippen LogP contribution is -2.17. The third kappa shape index (κ3) is 5.15. The van der Waals surface area contributed by atoms with Crippen molar-refractivity contribution in [2.75, 3.05) is 26.5 Å². The summed E-state index contributed by atoms with van der Waals surface area (Å²) in [6.07, 6.45) is 1.92. The van der Waals surface area contributed by atoms with Gasteiger partial charge in [0, 0.05) is 56.5 Å². The Hall–Kier alpha value is -3.54. The first-order valence-corrected chi connectivity index (χ1v) is 12.8. The normalized spacial score (nSPS) is 11.9. The van der Waals surface area contributed by atoms with Crippen LogP contribution in [0.15, 0.2) is 17.3 Å². The Labute approximate surface area is 222 Å². The molecule has 0 saturated carbocycles. The standard InChI is InChI=1S/C27H32N4.C4H9NO/c1-13-10-22-24(18(6)14(13)2)25-21(12-30-27(28-9)31-25)11-29-26(22)23-19(7)16(4)15(3)17(5)20(23)8;1-4(6)5(2)3/h10,12H,11H2,1-9H3,(H,28,30,31);1-3H3. The lowest BCUT2D eigenvalue weighted by atomic mass is 9.82. The minimum absolute atomic E-state index is 0.0926. The quantitative estimate of drug-likeness (QED) is 0.463. The van der Waals surface area contributed by atoms with Crippen molar-refractivity contribution in [2.45, 2.75) is 68.9 Å². The van der Waals surface area contributed by atoms with E-state index in [-0.39, 0.29) is 5.91 Å². The molecule has 6 nitrogen and oxygen atoms in total. The van der Waals surface area contributed by atoms with Gasteiger partial charge in [0.2, 0.25) is 11.9 Å². The number of carbonyl (C=O) groups is 1. The van der Waals surface area contributed by atoms with Gasteiger partial charge in [-0.15, -0.1) is 0 Å². The van der Waals surface area contributed by atoms with Gasteiger partial charge < -0.3 is 10.2 Å². The van der Waals surface area contributed by atoms with E-state index in [1.807, 2.05) is 13.2 Å². The van der Waals surface area contributed by atoms with Crippen LogP contribution in [0.1, 0.15) is 68.1 Å². The highest BCUT2D eigenvalue weighted by atomic mass is 16.2. The molecular formula is C31H41N5O. The summed E-state index contributed by atoms with van der Waals surface area (Å²) in [5.74, 6) is 0.732. The Bertz CT molecular complexity index is 1390. The molecule has 3 aromatic rings.